The maximum Gasteiger partial charge on any atom is 0.131 e. The van der Waals surface area contributed by atoms with Crippen LogP contribution in [0.3, 0.4) is 0 Å². The SMILES string of the molecule is COc1ccc(C[NH2+]C2CCCCCCC2)c(OC)c1. The van der Waals surface area contributed by atoms with E-state index < -0.39 is 0 Å². The molecule has 0 aromatic heterocycles. The molecule has 1 fully saturated rings. The van der Waals surface area contributed by atoms with E-state index in [9.17, 15) is 0 Å². The van der Waals surface area contributed by atoms with Crippen LogP contribution in [0.15, 0.2) is 18.2 Å². The summed E-state index contributed by atoms with van der Waals surface area (Å²) in [4.78, 5) is 0. The van der Waals surface area contributed by atoms with Crippen LogP contribution in [-0.4, -0.2) is 20.3 Å². The highest BCUT2D eigenvalue weighted by Crippen LogP contribution is 2.24. The van der Waals surface area contributed by atoms with Crippen molar-refractivity contribution in [3.63, 3.8) is 0 Å². The van der Waals surface area contributed by atoms with Gasteiger partial charge in [0.15, 0.2) is 0 Å². The number of ether oxygens (including phenoxy) is 2. The fourth-order valence-corrected chi connectivity index (χ4v) is 3.04. The molecule has 0 atom stereocenters. The maximum atomic E-state index is 5.47. The highest BCUT2D eigenvalue weighted by Gasteiger charge is 2.15. The van der Waals surface area contributed by atoms with Crippen molar-refractivity contribution in [2.75, 3.05) is 14.2 Å². The van der Waals surface area contributed by atoms with Gasteiger partial charge in [0.25, 0.3) is 0 Å². The van der Waals surface area contributed by atoms with Gasteiger partial charge in [-0.15, -0.1) is 0 Å². The standard InChI is InChI=1S/C17H27NO2/c1-19-16-11-10-14(17(12-16)20-2)13-18-15-8-6-4-3-5-7-9-15/h10-12,15,18H,3-9,13H2,1-2H3/p+1. The first-order valence-corrected chi connectivity index (χ1v) is 7.87. The number of benzene rings is 1. The van der Waals surface area contributed by atoms with Crippen LogP contribution < -0.4 is 14.8 Å². The topological polar surface area (TPSA) is 35.1 Å². The van der Waals surface area contributed by atoms with Gasteiger partial charge in [0, 0.05) is 11.6 Å². The Balaban J connectivity index is 1.91. The molecule has 3 nitrogen and oxygen atoms in total. The van der Waals surface area contributed by atoms with Gasteiger partial charge < -0.3 is 14.8 Å². The number of hydrogen-bond acceptors (Lipinski definition) is 2. The van der Waals surface area contributed by atoms with Crippen molar-refractivity contribution in [3.8, 4) is 11.5 Å². The van der Waals surface area contributed by atoms with E-state index >= 15 is 0 Å². The second kappa shape index (κ2) is 8.15. The van der Waals surface area contributed by atoms with Crippen molar-refractivity contribution < 1.29 is 14.8 Å². The Kier molecular flexibility index (Phi) is 6.19. The summed E-state index contributed by atoms with van der Waals surface area (Å²) < 4.78 is 10.7. The average Bonchev–Trinajstić information content (AvgIpc) is 2.46. The van der Waals surface area contributed by atoms with E-state index in [0.29, 0.717) is 0 Å². The second-order valence-electron chi connectivity index (χ2n) is 5.72. The Labute approximate surface area is 122 Å². The number of nitrogens with two attached hydrogens (primary N) is 1. The van der Waals surface area contributed by atoms with Gasteiger partial charge in [-0.2, -0.15) is 0 Å². The lowest BCUT2D eigenvalue weighted by Gasteiger charge is -2.19. The maximum absolute atomic E-state index is 5.47. The van der Waals surface area contributed by atoms with Crippen LogP contribution in [-0.2, 0) is 6.54 Å². The molecule has 0 bridgehead atoms. The molecule has 0 unspecified atom stereocenters. The fraction of sp³-hybridized carbons (Fsp3) is 0.647. The summed E-state index contributed by atoms with van der Waals surface area (Å²) in [5, 5.41) is 2.50. The molecular weight excluding hydrogens is 250 g/mol. The predicted octanol–water partition coefficient (Wildman–Crippen LogP) is 2.88. The zero-order chi connectivity index (χ0) is 14.2. The monoisotopic (exact) mass is 278 g/mol. The third kappa shape index (κ3) is 4.41. The molecule has 0 amide bonds. The van der Waals surface area contributed by atoms with E-state index in [2.05, 4.69) is 11.4 Å². The van der Waals surface area contributed by atoms with E-state index in [0.717, 1.165) is 24.1 Å². The molecular formula is C17H28NO2+. The van der Waals surface area contributed by atoms with Gasteiger partial charge in [0.1, 0.15) is 18.0 Å². The van der Waals surface area contributed by atoms with Gasteiger partial charge in [-0.1, -0.05) is 19.3 Å². The van der Waals surface area contributed by atoms with E-state index in [-0.39, 0.29) is 0 Å². The first-order chi connectivity index (χ1) is 9.83. The first kappa shape index (κ1) is 15.2. The van der Waals surface area contributed by atoms with Gasteiger partial charge in [0.05, 0.1) is 20.3 Å². The highest BCUT2D eigenvalue weighted by atomic mass is 16.5. The third-order valence-electron chi connectivity index (χ3n) is 4.32. The number of methoxy groups -OCH3 is 2. The lowest BCUT2D eigenvalue weighted by molar-refractivity contribution is -0.706. The fourth-order valence-electron chi connectivity index (χ4n) is 3.04. The molecule has 2 N–H and O–H groups in total. The predicted molar refractivity (Wildman–Crippen MR) is 81.3 cm³/mol. The van der Waals surface area contributed by atoms with Crippen molar-refractivity contribution >= 4 is 0 Å². The van der Waals surface area contributed by atoms with Crippen LogP contribution in [0.2, 0.25) is 0 Å². The second-order valence-corrected chi connectivity index (χ2v) is 5.72. The van der Waals surface area contributed by atoms with Crippen LogP contribution in [0, 0.1) is 0 Å². The van der Waals surface area contributed by atoms with Crippen LogP contribution in [0.4, 0.5) is 0 Å². The summed E-state index contributed by atoms with van der Waals surface area (Å²) in [5.41, 5.74) is 1.26. The first-order valence-electron chi connectivity index (χ1n) is 7.87. The van der Waals surface area contributed by atoms with E-state index in [1.807, 2.05) is 12.1 Å². The molecule has 20 heavy (non-hydrogen) atoms. The minimum atomic E-state index is 0.780. The quantitative estimate of drug-likeness (QED) is 0.899. The highest BCUT2D eigenvalue weighted by molar-refractivity contribution is 5.40. The molecule has 1 saturated carbocycles. The van der Waals surface area contributed by atoms with E-state index in [1.165, 1.54) is 50.5 Å². The van der Waals surface area contributed by atoms with Crippen molar-refractivity contribution in [1.29, 1.82) is 0 Å². The Morgan fingerprint density at radius 3 is 2.35 bits per heavy atom. The summed E-state index contributed by atoms with van der Waals surface area (Å²) in [6, 6.07) is 6.89. The van der Waals surface area contributed by atoms with Crippen LogP contribution in [0.25, 0.3) is 0 Å². The van der Waals surface area contributed by atoms with Gasteiger partial charge in [-0.05, 0) is 37.8 Å². The molecule has 0 heterocycles. The Hall–Kier alpha value is -1.22. The number of hydrogen-bond donors (Lipinski definition) is 1. The number of rotatable bonds is 5. The van der Waals surface area contributed by atoms with Gasteiger partial charge in [-0.25, -0.2) is 0 Å². The molecule has 1 aliphatic rings. The van der Waals surface area contributed by atoms with Crippen molar-refractivity contribution in [2.24, 2.45) is 0 Å². The molecule has 0 radical (unpaired) electrons. The molecule has 3 heteroatoms. The normalized spacial score (nSPS) is 17.3. The zero-order valence-corrected chi connectivity index (χ0v) is 12.9. The van der Waals surface area contributed by atoms with E-state index in [1.54, 1.807) is 14.2 Å². The van der Waals surface area contributed by atoms with Crippen LogP contribution >= 0.6 is 0 Å². The summed E-state index contributed by atoms with van der Waals surface area (Å²) in [7, 11) is 3.42. The number of quaternary nitrogens is 1. The molecule has 1 aromatic rings. The Morgan fingerprint density at radius 2 is 1.70 bits per heavy atom. The molecule has 0 saturated heterocycles. The minimum absolute atomic E-state index is 0.780. The van der Waals surface area contributed by atoms with Crippen LogP contribution in [0.5, 0.6) is 11.5 Å². The largest absolute Gasteiger partial charge is 0.497 e. The summed E-state index contributed by atoms with van der Waals surface area (Å²) >= 11 is 0. The summed E-state index contributed by atoms with van der Waals surface area (Å²) in [6.07, 6.45) is 9.75. The van der Waals surface area contributed by atoms with Crippen LogP contribution in [0.1, 0.15) is 50.5 Å². The molecule has 0 spiro atoms. The molecule has 1 aromatic carbocycles. The van der Waals surface area contributed by atoms with Crippen molar-refractivity contribution in [3.05, 3.63) is 23.8 Å². The van der Waals surface area contributed by atoms with Gasteiger partial charge in [-0.3, -0.25) is 0 Å². The average molecular weight is 278 g/mol. The third-order valence-corrected chi connectivity index (χ3v) is 4.32. The minimum Gasteiger partial charge on any atom is -0.497 e. The lowest BCUT2D eigenvalue weighted by Crippen LogP contribution is -2.88. The molecule has 0 aliphatic heterocycles. The van der Waals surface area contributed by atoms with Gasteiger partial charge in [0.2, 0.25) is 0 Å². The Morgan fingerprint density at radius 1 is 1.00 bits per heavy atom. The van der Waals surface area contributed by atoms with Gasteiger partial charge >= 0.3 is 0 Å². The molecule has 112 valence electrons. The summed E-state index contributed by atoms with van der Waals surface area (Å²) in [6.45, 7) is 0.998. The zero-order valence-electron chi connectivity index (χ0n) is 12.9. The van der Waals surface area contributed by atoms with Crippen molar-refractivity contribution in [1.82, 2.24) is 0 Å². The molecule has 1 aliphatic carbocycles. The smallest absolute Gasteiger partial charge is 0.131 e. The summed E-state index contributed by atoms with van der Waals surface area (Å²) in [5.74, 6) is 1.79. The Bertz CT molecular complexity index is 398. The molecule has 2 rings (SSSR count). The lowest BCUT2D eigenvalue weighted by atomic mass is 9.96. The van der Waals surface area contributed by atoms with E-state index in [4.69, 9.17) is 9.47 Å². The van der Waals surface area contributed by atoms with Crippen molar-refractivity contribution in [2.45, 2.75) is 57.5 Å².